The monoisotopic (exact) mass is 600 g/mol. The van der Waals surface area contributed by atoms with Crippen molar-refractivity contribution in [2.45, 2.75) is 95.2 Å². The van der Waals surface area contributed by atoms with Gasteiger partial charge in [-0.2, -0.15) is 8.42 Å². The predicted octanol–water partition coefficient (Wildman–Crippen LogP) is 0.772. The molecule has 0 aromatic rings. The molecule has 2 bridgehead atoms. The summed E-state index contributed by atoms with van der Waals surface area (Å²) in [6.07, 6.45) is 5.37. The molecule has 4 fully saturated rings. The second-order valence-corrected chi connectivity index (χ2v) is 14.1. The third-order valence-corrected chi connectivity index (χ3v) is 10.1. The lowest BCUT2D eigenvalue weighted by Gasteiger charge is -2.31. The van der Waals surface area contributed by atoms with Crippen LogP contribution in [-0.2, 0) is 29.2 Å². The summed E-state index contributed by atoms with van der Waals surface area (Å²) in [5.41, 5.74) is -2.35. The van der Waals surface area contributed by atoms with E-state index in [1.807, 2.05) is 18.7 Å². The highest BCUT2D eigenvalue weighted by Crippen LogP contribution is 2.48. The van der Waals surface area contributed by atoms with E-state index in [1.165, 1.54) is 19.3 Å². The summed E-state index contributed by atoms with van der Waals surface area (Å²) in [7, 11) is -4.95. The molecular formula is C27H44N4O9S. The Morgan fingerprint density at radius 2 is 1.88 bits per heavy atom. The van der Waals surface area contributed by atoms with Crippen LogP contribution in [0.2, 0.25) is 0 Å². The van der Waals surface area contributed by atoms with Crippen LogP contribution in [0.25, 0.3) is 0 Å². The van der Waals surface area contributed by atoms with Gasteiger partial charge in [0.15, 0.2) is 0 Å². The van der Waals surface area contributed by atoms with Crippen LogP contribution < -0.4 is 16.0 Å². The number of fused-ring (bicyclic) bond motifs is 2. The van der Waals surface area contributed by atoms with Crippen LogP contribution in [0, 0.1) is 29.6 Å². The van der Waals surface area contributed by atoms with Crippen molar-refractivity contribution in [1.29, 1.82) is 0 Å². The second-order valence-electron chi connectivity index (χ2n) is 12.6. The van der Waals surface area contributed by atoms with Gasteiger partial charge in [-0.15, -0.1) is 0 Å². The van der Waals surface area contributed by atoms with Gasteiger partial charge in [-0.3, -0.25) is 18.9 Å². The molecule has 2 saturated carbocycles. The van der Waals surface area contributed by atoms with Gasteiger partial charge in [-0.1, -0.05) is 20.3 Å². The highest BCUT2D eigenvalue weighted by molar-refractivity contribution is 7.86. The van der Waals surface area contributed by atoms with Crippen LogP contribution in [0.5, 0.6) is 0 Å². The fraction of sp³-hybridized carbons (Fsp3) is 0.852. The number of rotatable bonds is 13. The Balaban J connectivity index is 1.34. The Bertz CT molecular complexity index is 1100. The zero-order chi connectivity index (χ0) is 29.9. The molecule has 2 heterocycles. The largest absolute Gasteiger partial charge is 0.447 e. The number of nitrogens with one attached hydrogen (secondary N) is 3. The van der Waals surface area contributed by atoms with E-state index in [2.05, 4.69) is 16.0 Å². The predicted molar refractivity (Wildman–Crippen MR) is 147 cm³/mol. The van der Waals surface area contributed by atoms with E-state index in [9.17, 15) is 37.3 Å². The van der Waals surface area contributed by atoms with E-state index in [0.29, 0.717) is 44.2 Å². The van der Waals surface area contributed by atoms with Crippen molar-refractivity contribution in [3.05, 3.63) is 0 Å². The standard InChI is InChI=1S/C27H44N4O9S/c1-15(2)9-21(25(34)29-22(26(35)41(37,38)39)12-18-7-8-28-24(18)33)30-27(36)40-14-20-5-6-23(32)31(20)13-19-11-16-3-4-17(19)10-16/h15-22,26,35H,3-14H2,1-2H3,(H,28,33)(H,29,34)(H,30,36)(H,37,38,39)/t16-,17+,18+,19-,20+,21+,22+,26?/m1/s1. The first-order chi connectivity index (χ1) is 19.3. The first-order valence-corrected chi connectivity index (χ1v) is 16.3. The molecule has 1 unspecified atom stereocenters. The molecule has 4 amide bonds. The average molecular weight is 601 g/mol. The molecule has 4 rings (SSSR count). The summed E-state index contributed by atoms with van der Waals surface area (Å²) in [6.45, 7) is 4.72. The summed E-state index contributed by atoms with van der Waals surface area (Å²) in [5.74, 6) is 0.157. The van der Waals surface area contributed by atoms with Crippen LogP contribution in [0.4, 0.5) is 4.79 Å². The molecule has 0 aromatic carbocycles. The third-order valence-electron chi connectivity index (χ3n) is 9.17. The summed E-state index contributed by atoms with van der Waals surface area (Å²) < 4.78 is 38.2. The van der Waals surface area contributed by atoms with Crippen LogP contribution in [0.3, 0.4) is 0 Å². The number of carbonyl (C=O) groups excluding carboxylic acids is 4. The van der Waals surface area contributed by atoms with E-state index >= 15 is 0 Å². The highest BCUT2D eigenvalue weighted by Gasteiger charge is 2.43. The van der Waals surface area contributed by atoms with Crippen LogP contribution in [0.1, 0.15) is 71.6 Å². The average Bonchev–Trinajstić information content (AvgIpc) is 3.68. The third kappa shape index (κ3) is 8.10. The Kier molecular flexibility index (Phi) is 10.2. The van der Waals surface area contributed by atoms with Crippen LogP contribution >= 0.6 is 0 Å². The van der Waals surface area contributed by atoms with E-state index in [1.54, 1.807) is 0 Å². The number of amides is 4. The molecule has 232 valence electrons. The highest BCUT2D eigenvalue weighted by atomic mass is 32.2. The van der Waals surface area contributed by atoms with Crippen molar-refractivity contribution in [3.63, 3.8) is 0 Å². The van der Waals surface area contributed by atoms with E-state index < -0.39 is 45.6 Å². The number of nitrogens with zero attached hydrogens (tertiary/aromatic N) is 1. The van der Waals surface area contributed by atoms with Crippen molar-refractivity contribution < 1.29 is 42.0 Å². The maximum absolute atomic E-state index is 13.2. The maximum Gasteiger partial charge on any atom is 0.407 e. The van der Waals surface area contributed by atoms with Gasteiger partial charge in [0.05, 0.1) is 12.1 Å². The lowest BCUT2D eigenvalue weighted by atomic mass is 9.88. The topological polar surface area (TPSA) is 191 Å². The zero-order valence-corrected chi connectivity index (χ0v) is 24.6. The Hall–Kier alpha value is -2.45. The molecule has 4 aliphatic rings. The van der Waals surface area contributed by atoms with Crippen molar-refractivity contribution >= 4 is 33.9 Å². The molecule has 0 aromatic heterocycles. The Labute approximate surface area is 241 Å². The SMILES string of the molecule is CC(C)C[C@H](NC(=O)OC[C@@H]1CCC(=O)N1C[C@H]1C[C@@H]2CC[C@H]1C2)C(=O)N[C@@H](C[C@@H]1CCNC1=O)C(O)S(=O)(=O)O. The molecule has 5 N–H and O–H groups in total. The smallest absolute Gasteiger partial charge is 0.407 e. The number of carbonyl (C=O) groups is 4. The minimum Gasteiger partial charge on any atom is -0.447 e. The van der Waals surface area contributed by atoms with Gasteiger partial charge in [0.25, 0.3) is 10.1 Å². The van der Waals surface area contributed by atoms with Crippen molar-refractivity contribution in [2.24, 2.45) is 29.6 Å². The quantitative estimate of drug-likeness (QED) is 0.190. The number of aliphatic hydroxyl groups is 1. The summed E-state index contributed by atoms with van der Waals surface area (Å²) >= 11 is 0. The molecule has 0 spiro atoms. The molecule has 14 heteroatoms. The molecular weight excluding hydrogens is 556 g/mol. The van der Waals surface area contributed by atoms with Gasteiger partial charge in [0, 0.05) is 25.4 Å². The lowest BCUT2D eigenvalue weighted by molar-refractivity contribution is -0.130. The fourth-order valence-electron chi connectivity index (χ4n) is 7.04. The van der Waals surface area contributed by atoms with Crippen LogP contribution in [-0.4, -0.2) is 90.0 Å². The van der Waals surface area contributed by atoms with E-state index in [0.717, 1.165) is 12.3 Å². The number of ether oxygens (including phenoxy) is 1. The van der Waals surface area contributed by atoms with Crippen molar-refractivity contribution in [1.82, 2.24) is 20.9 Å². The molecule has 2 aliphatic heterocycles. The van der Waals surface area contributed by atoms with Crippen LogP contribution in [0.15, 0.2) is 0 Å². The molecule has 2 saturated heterocycles. The molecule has 2 aliphatic carbocycles. The van der Waals surface area contributed by atoms with Crippen molar-refractivity contribution in [2.75, 3.05) is 19.7 Å². The number of hydrogen-bond acceptors (Lipinski definition) is 8. The number of alkyl carbamates (subject to hydrolysis) is 1. The van der Waals surface area contributed by atoms with E-state index in [4.69, 9.17) is 4.74 Å². The van der Waals surface area contributed by atoms with Gasteiger partial charge in [-0.25, -0.2) is 4.79 Å². The Morgan fingerprint density at radius 3 is 2.46 bits per heavy atom. The van der Waals surface area contributed by atoms with Gasteiger partial charge in [0.2, 0.25) is 23.2 Å². The Morgan fingerprint density at radius 1 is 1.12 bits per heavy atom. The van der Waals surface area contributed by atoms with Crippen molar-refractivity contribution in [3.8, 4) is 0 Å². The zero-order valence-electron chi connectivity index (χ0n) is 23.8. The van der Waals surface area contributed by atoms with Gasteiger partial charge in [-0.05, 0) is 68.6 Å². The molecule has 41 heavy (non-hydrogen) atoms. The summed E-state index contributed by atoms with van der Waals surface area (Å²) in [4.78, 5) is 52.4. The van der Waals surface area contributed by atoms with Gasteiger partial charge < -0.3 is 30.7 Å². The molecule has 0 radical (unpaired) electrons. The van der Waals surface area contributed by atoms with E-state index in [-0.39, 0.29) is 43.2 Å². The second kappa shape index (κ2) is 13.2. The first-order valence-electron chi connectivity index (χ1n) is 14.8. The first kappa shape index (κ1) is 31.5. The summed E-state index contributed by atoms with van der Waals surface area (Å²) in [5, 5.41) is 17.8. The number of aliphatic hydroxyl groups excluding tert-OH is 1. The minimum atomic E-state index is -4.95. The number of likely N-dealkylation sites (tertiary alicyclic amines) is 1. The maximum atomic E-state index is 13.2. The normalized spacial score (nSPS) is 29.9. The summed E-state index contributed by atoms with van der Waals surface area (Å²) in [6, 6.07) is -2.84. The lowest BCUT2D eigenvalue weighted by Crippen LogP contribution is -2.55. The molecule has 8 atom stereocenters. The number of hydrogen-bond donors (Lipinski definition) is 5. The molecule has 13 nitrogen and oxygen atoms in total. The minimum absolute atomic E-state index is 0.00467. The fourth-order valence-corrected chi connectivity index (χ4v) is 7.64. The van der Waals surface area contributed by atoms with Gasteiger partial charge >= 0.3 is 6.09 Å². The van der Waals surface area contributed by atoms with Gasteiger partial charge in [0.1, 0.15) is 12.6 Å².